The van der Waals surface area contributed by atoms with Gasteiger partial charge in [0.15, 0.2) is 15.5 Å². The van der Waals surface area contributed by atoms with E-state index in [0.29, 0.717) is 23.0 Å². The lowest BCUT2D eigenvalue weighted by Gasteiger charge is -2.00. The van der Waals surface area contributed by atoms with Crippen molar-refractivity contribution in [3.63, 3.8) is 0 Å². The molecule has 86 valence electrons. The summed E-state index contributed by atoms with van der Waals surface area (Å²) in [6.07, 6.45) is 1.16. The van der Waals surface area contributed by atoms with Gasteiger partial charge in [-0.3, -0.25) is 0 Å². The Labute approximate surface area is 93.3 Å². The van der Waals surface area contributed by atoms with Crippen LogP contribution < -0.4 is 0 Å². The summed E-state index contributed by atoms with van der Waals surface area (Å²) in [4.78, 5) is 8.45. The van der Waals surface area contributed by atoms with E-state index in [0.717, 1.165) is 6.26 Å². The number of nitrogens with zero attached hydrogens (tertiary/aromatic N) is 4. The lowest BCUT2D eigenvalue weighted by Crippen LogP contribution is -2.04. The molecule has 0 spiro atoms. The Kier molecular flexibility index (Phi) is 2.23. The number of rotatable bonds is 1. The average Bonchev–Trinajstić information content (AvgIpc) is 2.40. The van der Waals surface area contributed by atoms with Crippen molar-refractivity contribution in [2.24, 2.45) is 0 Å². The van der Waals surface area contributed by atoms with Crippen molar-refractivity contribution in [3.05, 3.63) is 17.3 Å². The number of hydrogen-bond acceptors (Lipinski definition) is 5. The van der Waals surface area contributed by atoms with Crippen LogP contribution in [-0.4, -0.2) is 34.3 Å². The molecule has 2 aromatic heterocycles. The van der Waals surface area contributed by atoms with Crippen LogP contribution in [0.25, 0.3) is 5.65 Å². The van der Waals surface area contributed by atoms with Gasteiger partial charge in [0.1, 0.15) is 16.5 Å². The van der Waals surface area contributed by atoms with E-state index in [1.165, 1.54) is 4.52 Å². The maximum atomic E-state index is 11.6. The minimum absolute atomic E-state index is 0.182. The molecule has 0 atom stereocenters. The Balaban J connectivity index is 3.01. The van der Waals surface area contributed by atoms with Gasteiger partial charge < -0.3 is 0 Å². The first-order valence-corrected chi connectivity index (χ1v) is 6.60. The third-order valence-corrected chi connectivity index (χ3v) is 3.47. The molecule has 2 heterocycles. The molecule has 0 unspecified atom stereocenters. The summed E-state index contributed by atoms with van der Waals surface area (Å²) in [5.74, 6) is 1.16. The van der Waals surface area contributed by atoms with Crippen LogP contribution in [0.2, 0.25) is 0 Å². The van der Waals surface area contributed by atoms with Crippen molar-refractivity contribution in [1.29, 1.82) is 0 Å². The summed E-state index contributed by atoms with van der Waals surface area (Å²) in [6, 6.07) is 0. The average molecular weight is 240 g/mol. The Hall–Kier alpha value is -1.50. The zero-order valence-corrected chi connectivity index (χ0v) is 10.3. The maximum Gasteiger partial charge on any atom is 0.181 e. The minimum Gasteiger partial charge on any atom is -0.224 e. The first-order valence-electron chi connectivity index (χ1n) is 4.71. The van der Waals surface area contributed by atoms with Crippen molar-refractivity contribution >= 4 is 15.5 Å². The summed E-state index contributed by atoms with van der Waals surface area (Å²) < 4.78 is 24.7. The Morgan fingerprint density at radius 2 is 1.75 bits per heavy atom. The van der Waals surface area contributed by atoms with Crippen LogP contribution in [0.3, 0.4) is 0 Å². The molecular weight excluding hydrogens is 228 g/mol. The molecule has 0 saturated heterocycles. The second-order valence-electron chi connectivity index (χ2n) is 3.74. The SMILES string of the molecule is Cc1nc(C)n2nc(C)c(S(C)(=O)=O)c2n1. The van der Waals surface area contributed by atoms with Crippen molar-refractivity contribution in [3.8, 4) is 0 Å². The van der Waals surface area contributed by atoms with Gasteiger partial charge in [-0.25, -0.2) is 18.4 Å². The van der Waals surface area contributed by atoms with E-state index in [-0.39, 0.29) is 4.90 Å². The van der Waals surface area contributed by atoms with Gasteiger partial charge in [-0.15, -0.1) is 0 Å². The highest BCUT2D eigenvalue weighted by Crippen LogP contribution is 2.19. The van der Waals surface area contributed by atoms with Crippen LogP contribution in [0, 0.1) is 20.8 Å². The molecule has 0 aromatic carbocycles. The Morgan fingerprint density at radius 3 is 2.31 bits per heavy atom. The molecular formula is C9H12N4O2S. The standard InChI is InChI=1S/C9H12N4O2S/c1-5-8(16(4,14)15)9-11-6(2)10-7(3)13(9)12-5/h1-4H3. The third kappa shape index (κ3) is 1.57. The summed E-state index contributed by atoms with van der Waals surface area (Å²) in [5, 5.41) is 4.13. The van der Waals surface area contributed by atoms with Crippen molar-refractivity contribution in [2.75, 3.05) is 6.26 Å². The first-order chi connectivity index (χ1) is 7.30. The number of aryl methyl sites for hydroxylation is 3. The Bertz CT molecular complexity index is 672. The summed E-state index contributed by atoms with van der Waals surface area (Å²) in [5.41, 5.74) is 0.801. The predicted molar refractivity (Wildman–Crippen MR) is 58.1 cm³/mol. The zero-order chi connectivity index (χ0) is 12.1. The highest BCUT2D eigenvalue weighted by atomic mass is 32.2. The van der Waals surface area contributed by atoms with Crippen molar-refractivity contribution in [2.45, 2.75) is 25.7 Å². The molecule has 0 fully saturated rings. The monoisotopic (exact) mass is 240 g/mol. The molecule has 0 aliphatic rings. The number of fused-ring (bicyclic) bond motifs is 1. The fourth-order valence-corrected chi connectivity index (χ4v) is 2.76. The topological polar surface area (TPSA) is 77.2 Å². The second kappa shape index (κ2) is 3.24. The molecule has 0 aliphatic heterocycles. The highest BCUT2D eigenvalue weighted by Gasteiger charge is 2.21. The van der Waals surface area contributed by atoms with Crippen LogP contribution in [0.1, 0.15) is 17.3 Å². The smallest absolute Gasteiger partial charge is 0.181 e. The lowest BCUT2D eigenvalue weighted by atomic mass is 10.5. The van der Waals surface area contributed by atoms with Gasteiger partial charge in [0.05, 0.1) is 5.69 Å². The second-order valence-corrected chi connectivity index (χ2v) is 5.69. The number of sulfone groups is 1. The minimum atomic E-state index is -3.32. The van der Waals surface area contributed by atoms with Crippen molar-refractivity contribution in [1.82, 2.24) is 19.6 Å². The third-order valence-electron chi connectivity index (χ3n) is 2.25. The van der Waals surface area contributed by atoms with Crippen LogP contribution >= 0.6 is 0 Å². The van der Waals surface area contributed by atoms with E-state index < -0.39 is 9.84 Å². The van der Waals surface area contributed by atoms with E-state index in [2.05, 4.69) is 15.1 Å². The van der Waals surface area contributed by atoms with Crippen LogP contribution in [0.4, 0.5) is 0 Å². The van der Waals surface area contributed by atoms with E-state index in [9.17, 15) is 8.42 Å². The van der Waals surface area contributed by atoms with Crippen LogP contribution in [0.5, 0.6) is 0 Å². The van der Waals surface area contributed by atoms with E-state index in [4.69, 9.17) is 0 Å². The number of hydrogen-bond donors (Lipinski definition) is 0. The van der Waals surface area contributed by atoms with Crippen LogP contribution in [-0.2, 0) is 9.84 Å². The van der Waals surface area contributed by atoms with Gasteiger partial charge in [-0.2, -0.15) is 9.61 Å². The normalized spacial score (nSPS) is 12.2. The molecule has 0 saturated carbocycles. The molecule has 6 nitrogen and oxygen atoms in total. The highest BCUT2D eigenvalue weighted by molar-refractivity contribution is 7.91. The lowest BCUT2D eigenvalue weighted by molar-refractivity contribution is 0.602. The van der Waals surface area contributed by atoms with Crippen LogP contribution in [0.15, 0.2) is 4.90 Å². The summed E-state index contributed by atoms with van der Waals surface area (Å²) in [6.45, 7) is 5.14. The van der Waals surface area contributed by atoms with Gasteiger partial charge in [0.2, 0.25) is 0 Å². The molecule has 0 bridgehead atoms. The molecule has 7 heteroatoms. The van der Waals surface area contributed by atoms with Gasteiger partial charge in [-0.1, -0.05) is 0 Å². The molecule has 2 aromatic rings. The quantitative estimate of drug-likeness (QED) is 0.723. The largest absolute Gasteiger partial charge is 0.224 e. The fourth-order valence-electron chi connectivity index (χ4n) is 1.72. The summed E-state index contributed by atoms with van der Waals surface area (Å²) >= 11 is 0. The van der Waals surface area contributed by atoms with Gasteiger partial charge in [0, 0.05) is 6.26 Å². The zero-order valence-electron chi connectivity index (χ0n) is 9.51. The maximum absolute atomic E-state index is 11.6. The molecule has 0 N–H and O–H groups in total. The first kappa shape index (κ1) is 11.0. The predicted octanol–water partition coefficient (Wildman–Crippen LogP) is 0.453. The van der Waals surface area contributed by atoms with Gasteiger partial charge >= 0.3 is 0 Å². The van der Waals surface area contributed by atoms with Gasteiger partial charge in [0.25, 0.3) is 0 Å². The molecule has 2 rings (SSSR count). The molecule has 16 heavy (non-hydrogen) atoms. The van der Waals surface area contributed by atoms with E-state index in [1.807, 2.05) is 0 Å². The van der Waals surface area contributed by atoms with E-state index in [1.54, 1.807) is 20.8 Å². The fraction of sp³-hybridized carbons (Fsp3) is 0.444. The molecule has 0 aliphatic carbocycles. The molecule has 0 amide bonds. The van der Waals surface area contributed by atoms with Crippen molar-refractivity contribution < 1.29 is 8.42 Å². The van der Waals surface area contributed by atoms with E-state index >= 15 is 0 Å². The Morgan fingerprint density at radius 1 is 1.12 bits per heavy atom. The van der Waals surface area contributed by atoms with Gasteiger partial charge in [-0.05, 0) is 20.8 Å². The number of aromatic nitrogens is 4. The summed E-state index contributed by atoms with van der Waals surface area (Å²) in [7, 11) is -3.32. The molecule has 0 radical (unpaired) electrons.